The second kappa shape index (κ2) is 8.45. The Morgan fingerprint density at radius 1 is 1.19 bits per heavy atom. The largest absolute Gasteiger partial charge is 0.493 e. The van der Waals surface area contributed by atoms with Crippen LogP contribution in [0.5, 0.6) is 5.75 Å². The zero-order valence-electron chi connectivity index (χ0n) is 13.3. The Morgan fingerprint density at radius 3 is 2.52 bits per heavy atom. The van der Waals surface area contributed by atoms with Crippen LogP contribution in [0, 0.1) is 19.8 Å². The molecule has 0 bridgehead atoms. The number of carbonyl (C=O) groups is 2. The van der Waals surface area contributed by atoms with Gasteiger partial charge in [0, 0.05) is 0 Å². The molecule has 0 saturated heterocycles. The third-order valence-electron chi connectivity index (χ3n) is 3.46. The predicted molar refractivity (Wildman–Crippen MR) is 81.4 cm³/mol. The molecule has 0 aliphatic rings. The minimum absolute atomic E-state index is 0.141. The predicted octanol–water partition coefficient (Wildman–Crippen LogP) is 3.23. The first-order valence-corrected chi connectivity index (χ1v) is 7.24. The van der Waals surface area contributed by atoms with Gasteiger partial charge in [-0.15, -0.1) is 0 Å². The summed E-state index contributed by atoms with van der Waals surface area (Å²) in [6.45, 7) is 6.04. The van der Waals surface area contributed by atoms with Crippen LogP contribution in [-0.2, 0) is 14.3 Å². The number of Topliss-reactive ketones (excluding diaryl/α,β-unsaturated/α-hetero) is 1. The van der Waals surface area contributed by atoms with Gasteiger partial charge in [0.1, 0.15) is 17.5 Å². The summed E-state index contributed by atoms with van der Waals surface area (Å²) in [5.74, 6) is -0.336. The Hall–Kier alpha value is -1.84. The number of ether oxygens (including phenoxy) is 2. The van der Waals surface area contributed by atoms with Crippen molar-refractivity contribution >= 4 is 11.8 Å². The van der Waals surface area contributed by atoms with E-state index < -0.39 is 11.9 Å². The number of aryl methyl sites for hydroxylation is 2. The highest BCUT2D eigenvalue weighted by molar-refractivity contribution is 5.97. The molecule has 1 aromatic carbocycles. The first-order chi connectivity index (χ1) is 9.95. The molecule has 0 aromatic heterocycles. The number of ketones is 1. The summed E-state index contributed by atoms with van der Waals surface area (Å²) >= 11 is 0. The van der Waals surface area contributed by atoms with E-state index in [1.54, 1.807) is 0 Å². The van der Waals surface area contributed by atoms with E-state index in [0.717, 1.165) is 29.7 Å². The van der Waals surface area contributed by atoms with Crippen molar-refractivity contribution < 1.29 is 19.1 Å². The van der Waals surface area contributed by atoms with Crippen molar-refractivity contribution in [3.05, 3.63) is 29.3 Å². The number of hydrogen-bond acceptors (Lipinski definition) is 4. The Balaban J connectivity index is 2.35. The van der Waals surface area contributed by atoms with Crippen LogP contribution < -0.4 is 4.74 Å². The van der Waals surface area contributed by atoms with Crippen LogP contribution in [0.3, 0.4) is 0 Å². The number of carbonyl (C=O) groups excluding carboxylic acids is 2. The van der Waals surface area contributed by atoms with Crippen molar-refractivity contribution in [1.29, 1.82) is 0 Å². The first-order valence-electron chi connectivity index (χ1n) is 7.24. The van der Waals surface area contributed by atoms with Gasteiger partial charge >= 0.3 is 5.97 Å². The van der Waals surface area contributed by atoms with Crippen LogP contribution in [-0.4, -0.2) is 25.5 Å². The molecule has 0 saturated carbocycles. The van der Waals surface area contributed by atoms with Crippen molar-refractivity contribution in [3.8, 4) is 5.75 Å². The summed E-state index contributed by atoms with van der Waals surface area (Å²) in [5, 5.41) is 0. The average Bonchev–Trinajstić information content (AvgIpc) is 2.45. The van der Waals surface area contributed by atoms with Crippen LogP contribution in [0.25, 0.3) is 0 Å². The number of benzene rings is 1. The van der Waals surface area contributed by atoms with Crippen molar-refractivity contribution in [3.63, 3.8) is 0 Å². The lowest BCUT2D eigenvalue weighted by molar-refractivity contribution is -0.149. The van der Waals surface area contributed by atoms with Gasteiger partial charge < -0.3 is 9.47 Å². The molecule has 1 aromatic rings. The van der Waals surface area contributed by atoms with Crippen LogP contribution >= 0.6 is 0 Å². The summed E-state index contributed by atoms with van der Waals surface area (Å²) in [4.78, 5) is 22.8. The Bertz CT molecular complexity index is 494. The van der Waals surface area contributed by atoms with Gasteiger partial charge in [-0.3, -0.25) is 9.59 Å². The van der Waals surface area contributed by atoms with Gasteiger partial charge in [-0.05, 0) is 57.2 Å². The van der Waals surface area contributed by atoms with Crippen molar-refractivity contribution in [2.24, 2.45) is 5.92 Å². The maximum absolute atomic E-state index is 11.4. The monoisotopic (exact) mass is 292 g/mol. The van der Waals surface area contributed by atoms with Gasteiger partial charge in [-0.2, -0.15) is 0 Å². The van der Waals surface area contributed by atoms with E-state index in [1.807, 2.05) is 26.0 Å². The van der Waals surface area contributed by atoms with E-state index in [-0.39, 0.29) is 5.78 Å². The van der Waals surface area contributed by atoms with E-state index >= 15 is 0 Å². The number of esters is 1. The highest BCUT2D eigenvalue weighted by Crippen LogP contribution is 2.20. The molecule has 4 heteroatoms. The third-order valence-corrected chi connectivity index (χ3v) is 3.46. The molecule has 116 valence electrons. The van der Waals surface area contributed by atoms with E-state index in [4.69, 9.17) is 4.74 Å². The van der Waals surface area contributed by atoms with Crippen LogP contribution in [0.1, 0.15) is 37.3 Å². The highest BCUT2D eigenvalue weighted by Gasteiger charge is 2.23. The lowest BCUT2D eigenvalue weighted by Crippen LogP contribution is -2.23. The Kier molecular flexibility index (Phi) is 6.92. The van der Waals surface area contributed by atoms with Crippen LogP contribution in [0.4, 0.5) is 0 Å². The fraction of sp³-hybridized carbons (Fsp3) is 0.529. The normalized spacial score (nSPS) is 11.8. The zero-order valence-corrected chi connectivity index (χ0v) is 13.3. The molecule has 4 nitrogen and oxygen atoms in total. The summed E-state index contributed by atoms with van der Waals surface area (Å²) in [6.07, 6.45) is 2.07. The molecule has 1 atom stereocenters. The van der Waals surface area contributed by atoms with Crippen LogP contribution in [0.2, 0.25) is 0 Å². The molecular weight excluding hydrogens is 268 g/mol. The third kappa shape index (κ3) is 5.58. The number of methoxy groups -OCH3 is 1. The molecule has 0 spiro atoms. The zero-order chi connectivity index (χ0) is 15.8. The average molecular weight is 292 g/mol. The molecular formula is C17H24O4. The molecule has 0 aliphatic carbocycles. The maximum Gasteiger partial charge on any atom is 0.316 e. The molecule has 0 amide bonds. The Morgan fingerprint density at radius 2 is 1.90 bits per heavy atom. The van der Waals surface area contributed by atoms with E-state index in [1.165, 1.54) is 14.0 Å². The highest BCUT2D eigenvalue weighted by atomic mass is 16.5. The van der Waals surface area contributed by atoms with Gasteiger partial charge in [-0.1, -0.05) is 12.1 Å². The van der Waals surface area contributed by atoms with Crippen molar-refractivity contribution in [1.82, 2.24) is 0 Å². The van der Waals surface area contributed by atoms with E-state index in [0.29, 0.717) is 13.0 Å². The molecule has 0 heterocycles. The number of hydrogen-bond donors (Lipinski definition) is 0. The second-order valence-electron chi connectivity index (χ2n) is 5.30. The lowest BCUT2D eigenvalue weighted by Gasteiger charge is -2.12. The minimum Gasteiger partial charge on any atom is -0.493 e. The quantitative estimate of drug-likeness (QED) is 0.419. The number of rotatable bonds is 8. The van der Waals surface area contributed by atoms with Crippen LogP contribution in [0.15, 0.2) is 18.2 Å². The number of unbranched alkanes of at least 4 members (excludes halogenated alkanes) is 1. The van der Waals surface area contributed by atoms with Gasteiger partial charge in [0.05, 0.1) is 13.7 Å². The SMILES string of the molecule is COC(=O)C(CCCCOc1cc(C)ccc1C)C(C)=O. The summed E-state index contributed by atoms with van der Waals surface area (Å²) in [6, 6.07) is 6.10. The summed E-state index contributed by atoms with van der Waals surface area (Å²) < 4.78 is 10.4. The standard InChI is InChI=1S/C17H24O4/c1-12-8-9-13(2)16(11-12)21-10-6-5-7-15(14(3)18)17(19)20-4/h8-9,11,15H,5-7,10H2,1-4H3. The van der Waals surface area contributed by atoms with E-state index in [2.05, 4.69) is 10.8 Å². The molecule has 21 heavy (non-hydrogen) atoms. The molecule has 0 aliphatic heterocycles. The lowest BCUT2D eigenvalue weighted by atomic mass is 9.98. The Labute approximate surface area is 126 Å². The van der Waals surface area contributed by atoms with Gasteiger partial charge in [0.25, 0.3) is 0 Å². The van der Waals surface area contributed by atoms with Crippen molar-refractivity contribution in [2.75, 3.05) is 13.7 Å². The van der Waals surface area contributed by atoms with E-state index in [9.17, 15) is 9.59 Å². The molecule has 0 N–H and O–H groups in total. The summed E-state index contributed by atoms with van der Waals surface area (Å²) in [7, 11) is 1.31. The second-order valence-corrected chi connectivity index (χ2v) is 5.30. The molecule has 1 rings (SSSR count). The first kappa shape index (κ1) is 17.2. The molecule has 0 fully saturated rings. The fourth-order valence-corrected chi connectivity index (χ4v) is 2.12. The van der Waals surface area contributed by atoms with Crippen molar-refractivity contribution in [2.45, 2.75) is 40.0 Å². The smallest absolute Gasteiger partial charge is 0.316 e. The topological polar surface area (TPSA) is 52.6 Å². The minimum atomic E-state index is -0.643. The summed E-state index contributed by atoms with van der Waals surface area (Å²) in [5.41, 5.74) is 2.27. The fourth-order valence-electron chi connectivity index (χ4n) is 2.12. The molecule has 0 radical (unpaired) electrons. The maximum atomic E-state index is 11.4. The molecule has 1 unspecified atom stereocenters. The van der Waals surface area contributed by atoms with Gasteiger partial charge in [-0.25, -0.2) is 0 Å². The van der Waals surface area contributed by atoms with Gasteiger partial charge in [0.2, 0.25) is 0 Å². The van der Waals surface area contributed by atoms with Gasteiger partial charge in [0.15, 0.2) is 0 Å².